The first-order chi connectivity index (χ1) is 8.07. The Morgan fingerprint density at radius 1 is 1.41 bits per heavy atom. The zero-order valence-corrected chi connectivity index (χ0v) is 11.2. The van der Waals surface area contributed by atoms with Crippen molar-refractivity contribution in [1.29, 1.82) is 0 Å². The van der Waals surface area contributed by atoms with Crippen LogP contribution in [0.25, 0.3) is 10.9 Å². The highest BCUT2D eigenvalue weighted by Crippen LogP contribution is 2.41. The van der Waals surface area contributed by atoms with E-state index in [0.29, 0.717) is 5.69 Å². The Balaban J connectivity index is 2.19. The second-order valence-electron chi connectivity index (χ2n) is 4.94. The minimum Gasteiger partial charge on any atom is -0.396 e. The van der Waals surface area contributed by atoms with E-state index in [0.717, 1.165) is 21.1 Å². The topological polar surface area (TPSA) is 50.9 Å². The summed E-state index contributed by atoms with van der Waals surface area (Å²) in [4.78, 5) is 4.35. The van der Waals surface area contributed by atoms with Gasteiger partial charge in [0, 0.05) is 15.4 Å². The number of hydrogen-bond donors (Lipinski definition) is 2. The molecule has 0 saturated heterocycles. The maximum absolute atomic E-state index is 6.03. The molecule has 88 valence electrons. The molecule has 1 fully saturated rings. The summed E-state index contributed by atoms with van der Waals surface area (Å²) < 4.78 is 1.04. The third kappa shape index (κ3) is 1.97. The minimum atomic E-state index is 0.213. The van der Waals surface area contributed by atoms with Crippen molar-refractivity contribution in [3.8, 4) is 0 Å². The quantitative estimate of drug-likeness (QED) is 0.890. The Morgan fingerprint density at radius 3 is 2.88 bits per heavy atom. The SMILES string of the molecule is CC1(Nc2c(N)cnc3ccc(Br)cc23)CC1. The van der Waals surface area contributed by atoms with Gasteiger partial charge in [-0.05, 0) is 38.0 Å². The highest BCUT2D eigenvalue weighted by atomic mass is 79.9. The minimum absolute atomic E-state index is 0.213. The number of aromatic nitrogens is 1. The third-order valence-corrected chi connectivity index (χ3v) is 3.78. The maximum Gasteiger partial charge on any atom is 0.0743 e. The van der Waals surface area contributed by atoms with E-state index in [1.165, 1.54) is 12.8 Å². The number of anilines is 2. The van der Waals surface area contributed by atoms with Gasteiger partial charge in [0.15, 0.2) is 0 Å². The van der Waals surface area contributed by atoms with Gasteiger partial charge in [0.2, 0.25) is 0 Å². The molecule has 3 nitrogen and oxygen atoms in total. The Hall–Kier alpha value is -1.29. The predicted octanol–water partition coefficient (Wildman–Crippen LogP) is 3.54. The van der Waals surface area contributed by atoms with Crippen LogP contribution in [0.15, 0.2) is 28.9 Å². The van der Waals surface area contributed by atoms with Crippen LogP contribution in [0, 0.1) is 0 Å². The van der Waals surface area contributed by atoms with Crippen LogP contribution in [0.5, 0.6) is 0 Å². The molecule has 0 atom stereocenters. The normalized spacial score (nSPS) is 17.1. The Labute approximate surface area is 109 Å². The van der Waals surface area contributed by atoms with Crippen molar-refractivity contribution in [3.05, 3.63) is 28.9 Å². The number of nitrogen functional groups attached to an aromatic ring is 1. The average Bonchev–Trinajstić information content (AvgIpc) is 3.01. The number of nitrogens with zero attached hydrogens (tertiary/aromatic N) is 1. The molecule has 0 radical (unpaired) electrons. The molecule has 4 heteroatoms. The van der Waals surface area contributed by atoms with E-state index in [9.17, 15) is 0 Å². The fourth-order valence-corrected chi connectivity index (χ4v) is 2.30. The zero-order chi connectivity index (χ0) is 12.0. The van der Waals surface area contributed by atoms with Crippen LogP contribution in [0.3, 0.4) is 0 Å². The van der Waals surface area contributed by atoms with Gasteiger partial charge < -0.3 is 11.1 Å². The van der Waals surface area contributed by atoms with Gasteiger partial charge in [0.25, 0.3) is 0 Å². The number of nitrogens with two attached hydrogens (primary N) is 1. The molecule has 1 aliphatic carbocycles. The van der Waals surface area contributed by atoms with Crippen LogP contribution in [0.2, 0.25) is 0 Å². The van der Waals surface area contributed by atoms with E-state index < -0.39 is 0 Å². The Morgan fingerprint density at radius 2 is 2.18 bits per heavy atom. The largest absolute Gasteiger partial charge is 0.396 e. The molecule has 0 aliphatic heterocycles. The number of fused-ring (bicyclic) bond motifs is 1. The summed E-state index contributed by atoms with van der Waals surface area (Å²) in [6, 6.07) is 6.06. The molecule has 1 aromatic heterocycles. The smallest absolute Gasteiger partial charge is 0.0743 e. The Kier molecular flexibility index (Phi) is 2.30. The second kappa shape index (κ2) is 3.60. The standard InChI is InChI=1S/C13H14BrN3/c1-13(4-5-13)17-12-9-6-8(14)2-3-11(9)16-7-10(12)15/h2-3,6-7H,4-5,15H2,1H3,(H,16,17). The lowest BCUT2D eigenvalue weighted by Gasteiger charge is -2.17. The van der Waals surface area contributed by atoms with Crippen molar-refractivity contribution in [3.63, 3.8) is 0 Å². The van der Waals surface area contributed by atoms with E-state index >= 15 is 0 Å². The van der Waals surface area contributed by atoms with Gasteiger partial charge in [-0.2, -0.15) is 0 Å². The Bertz CT molecular complexity index is 585. The zero-order valence-electron chi connectivity index (χ0n) is 9.63. The first-order valence-electron chi connectivity index (χ1n) is 5.69. The number of pyridine rings is 1. The molecule has 0 unspecified atom stereocenters. The lowest BCUT2D eigenvalue weighted by atomic mass is 10.1. The predicted molar refractivity (Wildman–Crippen MR) is 75.1 cm³/mol. The van der Waals surface area contributed by atoms with Gasteiger partial charge in [0.1, 0.15) is 0 Å². The van der Waals surface area contributed by atoms with Crippen LogP contribution >= 0.6 is 15.9 Å². The summed E-state index contributed by atoms with van der Waals surface area (Å²) in [6.45, 7) is 2.22. The fourth-order valence-electron chi connectivity index (χ4n) is 1.93. The van der Waals surface area contributed by atoms with E-state index in [2.05, 4.69) is 39.2 Å². The van der Waals surface area contributed by atoms with E-state index in [-0.39, 0.29) is 5.54 Å². The highest BCUT2D eigenvalue weighted by Gasteiger charge is 2.37. The summed E-state index contributed by atoms with van der Waals surface area (Å²) in [7, 11) is 0. The van der Waals surface area contributed by atoms with E-state index in [4.69, 9.17) is 5.73 Å². The molecular formula is C13H14BrN3. The summed E-state index contributed by atoms with van der Waals surface area (Å²) in [5.41, 5.74) is 8.93. The van der Waals surface area contributed by atoms with Crippen molar-refractivity contribution in [2.45, 2.75) is 25.3 Å². The van der Waals surface area contributed by atoms with Crippen LogP contribution in [-0.2, 0) is 0 Å². The van der Waals surface area contributed by atoms with Gasteiger partial charge in [-0.15, -0.1) is 0 Å². The summed E-state index contributed by atoms with van der Waals surface area (Å²) >= 11 is 3.49. The van der Waals surface area contributed by atoms with Crippen molar-refractivity contribution < 1.29 is 0 Å². The van der Waals surface area contributed by atoms with Crippen LogP contribution in [0.1, 0.15) is 19.8 Å². The average molecular weight is 292 g/mol. The second-order valence-corrected chi connectivity index (χ2v) is 5.85. The molecule has 17 heavy (non-hydrogen) atoms. The van der Waals surface area contributed by atoms with Gasteiger partial charge in [-0.25, -0.2) is 0 Å². The maximum atomic E-state index is 6.03. The molecule has 2 aromatic rings. The fraction of sp³-hybridized carbons (Fsp3) is 0.308. The number of nitrogens with one attached hydrogen (secondary N) is 1. The summed E-state index contributed by atoms with van der Waals surface area (Å²) in [5, 5.41) is 4.62. The van der Waals surface area contributed by atoms with Gasteiger partial charge in [0.05, 0.1) is 23.1 Å². The van der Waals surface area contributed by atoms with Crippen molar-refractivity contribution in [2.75, 3.05) is 11.1 Å². The molecule has 3 rings (SSSR count). The molecule has 1 aromatic carbocycles. The first-order valence-corrected chi connectivity index (χ1v) is 6.49. The molecule has 1 aliphatic rings. The lowest BCUT2D eigenvalue weighted by Crippen LogP contribution is -2.17. The van der Waals surface area contributed by atoms with Crippen LogP contribution in [0.4, 0.5) is 11.4 Å². The van der Waals surface area contributed by atoms with Gasteiger partial charge in [-0.3, -0.25) is 4.98 Å². The molecule has 0 bridgehead atoms. The summed E-state index contributed by atoms with van der Waals surface area (Å²) in [6.07, 6.45) is 4.12. The van der Waals surface area contributed by atoms with Gasteiger partial charge in [-0.1, -0.05) is 15.9 Å². The van der Waals surface area contributed by atoms with Crippen molar-refractivity contribution in [2.24, 2.45) is 0 Å². The van der Waals surface area contributed by atoms with Crippen LogP contribution < -0.4 is 11.1 Å². The number of halogens is 1. The number of benzene rings is 1. The van der Waals surface area contributed by atoms with Gasteiger partial charge >= 0.3 is 0 Å². The number of hydrogen-bond acceptors (Lipinski definition) is 3. The molecule has 0 amide bonds. The molecule has 3 N–H and O–H groups in total. The van der Waals surface area contributed by atoms with E-state index in [1.54, 1.807) is 6.20 Å². The molecule has 1 saturated carbocycles. The molecule has 0 spiro atoms. The number of rotatable bonds is 2. The van der Waals surface area contributed by atoms with E-state index in [1.807, 2.05) is 12.1 Å². The highest BCUT2D eigenvalue weighted by molar-refractivity contribution is 9.10. The molecular weight excluding hydrogens is 278 g/mol. The third-order valence-electron chi connectivity index (χ3n) is 3.29. The van der Waals surface area contributed by atoms with Crippen molar-refractivity contribution in [1.82, 2.24) is 4.98 Å². The van der Waals surface area contributed by atoms with Crippen molar-refractivity contribution >= 4 is 38.2 Å². The first kappa shape index (κ1) is 10.8. The monoisotopic (exact) mass is 291 g/mol. The lowest BCUT2D eigenvalue weighted by molar-refractivity contribution is 0.831. The van der Waals surface area contributed by atoms with Crippen LogP contribution in [-0.4, -0.2) is 10.5 Å². The molecule has 1 heterocycles. The summed E-state index contributed by atoms with van der Waals surface area (Å²) in [5.74, 6) is 0.